The summed E-state index contributed by atoms with van der Waals surface area (Å²) in [6.07, 6.45) is -13.6. The number of aromatic nitrogens is 12. The van der Waals surface area contributed by atoms with Crippen LogP contribution >= 0.6 is 31.3 Å². The number of nitrogens with zero attached hydrogens (tertiary/aromatic N) is 10. The number of amides is 2. The maximum atomic E-state index is 13.8. The molecule has 17 N–H and O–H groups in total. The number of nitrogens with one attached hydrogen (secondary N) is 4. The minimum atomic E-state index is -6.27. The Balaban J connectivity index is 0.811. The summed E-state index contributed by atoms with van der Waals surface area (Å²) in [5.74, 6) is -1.96. The van der Waals surface area contributed by atoms with Crippen molar-refractivity contribution in [1.29, 1.82) is 0 Å². The summed E-state index contributed by atoms with van der Waals surface area (Å²) in [6, 6.07) is 8.06. The molecule has 3 fully saturated rings. The van der Waals surface area contributed by atoms with Crippen molar-refractivity contribution in [2.45, 2.75) is 74.1 Å². The van der Waals surface area contributed by atoms with Crippen molar-refractivity contribution < 1.29 is 108 Å². The van der Waals surface area contributed by atoms with Crippen molar-refractivity contribution in [3.05, 3.63) is 81.9 Å². The lowest BCUT2D eigenvalue weighted by molar-refractivity contribution is -0.745. The molecule has 1 aromatic carbocycles. The van der Waals surface area contributed by atoms with Crippen molar-refractivity contribution in [3.8, 4) is 0 Å². The van der Waals surface area contributed by atoms with E-state index in [0.29, 0.717) is 0 Å². The van der Waals surface area contributed by atoms with Crippen molar-refractivity contribution in [1.82, 2.24) is 64.2 Å². The number of aryl methyl sites for hydroxylation is 1. The van der Waals surface area contributed by atoms with Gasteiger partial charge in [0.15, 0.2) is 41.4 Å². The summed E-state index contributed by atoms with van der Waals surface area (Å²) in [7, 11) is -21.1. The zero-order chi connectivity index (χ0) is 61.8. The summed E-state index contributed by atoms with van der Waals surface area (Å²) in [5, 5.41) is 38.7. The van der Waals surface area contributed by atoms with Crippen molar-refractivity contribution in [2.24, 2.45) is 13.0 Å². The Morgan fingerprint density at radius 1 is 0.709 bits per heavy atom. The largest absolute Gasteiger partial charge is 0.490 e. The number of aliphatic hydroxyl groups excluding tert-OH is 3. The number of methoxy groups -OCH3 is 1. The van der Waals surface area contributed by atoms with Crippen molar-refractivity contribution in [2.75, 3.05) is 50.7 Å². The highest BCUT2D eigenvalue weighted by Gasteiger charge is 2.54. The summed E-state index contributed by atoms with van der Waals surface area (Å²) >= 11 is 0. The number of aromatic amines is 2. The monoisotopic (exact) mass is 1290 g/mol. The minimum absolute atomic E-state index is 0.00107. The van der Waals surface area contributed by atoms with Crippen LogP contribution in [-0.4, -0.2) is 177 Å². The van der Waals surface area contributed by atoms with Gasteiger partial charge in [0.1, 0.15) is 54.6 Å². The second kappa shape index (κ2) is 24.5. The number of imidazole rings is 3. The number of fused-ring (bicyclic) bond motifs is 3. The van der Waals surface area contributed by atoms with E-state index >= 15 is 0 Å². The summed E-state index contributed by atoms with van der Waals surface area (Å²) in [5.41, 5.74) is 16.4. The van der Waals surface area contributed by atoms with Crippen LogP contribution in [0, 0.1) is 5.92 Å². The quantitative estimate of drug-likeness (QED) is 0.0225. The average molecular weight is 1290 g/mol. The highest BCUT2D eigenvalue weighted by atomic mass is 31.3. The predicted octanol–water partition coefficient (Wildman–Crippen LogP) is -2.96. The van der Waals surface area contributed by atoms with Gasteiger partial charge in [-0.25, -0.2) is 47.6 Å². The van der Waals surface area contributed by atoms with E-state index in [2.05, 4.69) is 59.1 Å². The van der Waals surface area contributed by atoms with Gasteiger partial charge in [-0.2, -0.15) is 13.6 Å². The predicted molar refractivity (Wildman–Crippen MR) is 283 cm³/mol. The van der Waals surface area contributed by atoms with Crippen LogP contribution in [0.4, 0.5) is 22.5 Å². The molecule has 466 valence electrons. The average Bonchev–Trinajstić information content (AvgIpc) is 2.34. The maximum absolute atomic E-state index is 13.8. The maximum Gasteiger partial charge on any atom is 0.490 e. The molecule has 0 saturated carbocycles. The van der Waals surface area contributed by atoms with Gasteiger partial charge in [0, 0.05) is 26.1 Å². The SMILES string of the molecule is CO[C@@H]1[C@H](OP(=O)(O)OC[C@H]2O[C@@H](n3cnc4c(=O)[nH]c(N)nc43)[C@H](O)[C@@H]2O)[C@@H](COP(=O)(O)OP(=O)(O)OP(=O)(O)OC[C@H]2O[C@@H]([n+]3cn(C)c4c(=O)[nH]c(N)nc43)[C@H](O)[C@@H]2CNC(=O)NCc2ccccc2)O[C@H]1n1cnc2c(N)ncnc21. The Kier molecular flexibility index (Phi) is 17.8. The third kappa shape index (κ3) is 13.3. The first kappa shape index (κ1) is 62.4. The van der Waals surface area contributed by atoms with Crippen LogP contribution in [0.15, 0.2) is 65.2 Å². The second-order valence-electron chi connectivity index (χ2n) is 19.2. The van der Waals surface area contributed by atoms with Gasteiger partial charge in [0.2, 0.25) is 17.7 Å². The Hall–Kier alpha value is -6.62. The van der Waals surface area contributed by atoms with E-state index in [4.69, 9.17) is 54.2 Å². The molecule has 3 saturated heterocycles. The Morgan fingerprint density at radius 2 is 1.33 bits per heavy atom. The van der Waals surface area contributed by atoms with Gasteiger partial charge in [0.25, 0.3) is 17.1 Å². The molecule has 2 amide bonds. The first-order valence-corrected chi connectivity index (χ1v) is 31.0. The van der Waals surface area contributed by atoms with E-state index in [-0.39, 0.29) is 57.8 Å². The fourth-order valence-electron chi connectivity index (χ4n) is 9.68. The number of rotatable bonds is 23. The van der Waals surface area contributed by atoms with E-state index in [9.17, 15) is 67.5 Å². The topological polar surface area (TPSA) is 583 Å². The van der Waals surface area contributed by atoms with E-state index < -0.39 is 148 Å². The zero-order valence-corrected chi connectivity index (χ0v) is 47.8. The number of carbonyl (C=O) groups excluding carboxylic acids is 1. The number of phosphoric ester groups is 3. The lowest BCUT2D eigenvalue weighted by Gasteiger charge is -2.26. The number of aliphatic hydroxyl groups is 3. The Morgan fingerprint density at radius 3 is 2.02 bits per heavy atom. The molecule has 4 unspecified atom stereocenters. The fraction of sp³-hybridized carbons (Fsp3) is 0.463. The second-order valence-corrected chi connectivity index (χ2v) is 25.2. The molecule has 0 spiro atoms. The molecular formula is C41H54N17O24P4+. The van der Waals surface area contributed by atoms with Crippen LogP contribution in [-0.2, 0) is 77.5 Å². The number of hydrogen-bond acceptors (Lipinski definition) is 29. The number of nitrogen functional groups attached to an aromatic ring is 3. The van der Waals surface area contributed by atoms with Crippen molar-refractivity contribution >= 4 is 88.5 Å². The molecule has 0 bridgehead atoms. The highest BCUT2D eigenvalue weighted by molar-refractivity contribution is 7.66. The highest BCUT2D eigenvalue weighted by Crippen LogP contribution is 2.68. The summed E-state index contributed by atoms with van der Waals surface area (Å²) in [4.78, 5) is 110. The molecule has 10 rings (SSSR count). The van der Waals surface area contributed by atoms with Gasteiger partial charge in [-0.1, -0.05) is 35.3 Å². The van der Waals surface area contributed by atoms with Gasteiger partial charge in [0.05, 0.1) is 45.6 Å². The number of anilines is 3. The van der Waals surface area contributed by atoms with Gasteiger partial charge in [-0.15, -0.1) is 0 Å². The molecule has 3 aliphatic rings. The fourth-order valence-corrected chi connectivity index (χ4v) is 14.2. The van der Waals surface area contributed by atoms with Gasteiger partial charge >= 0.3 is 43.0 Å². The van der Waals surface area contributed by atoms with Crippen LogP contribution in [0.25, 0.3) is 33.5 Å². The number of phosphoric acid groups is 4. The third-order valence-electron chi connectivity index (χ3n) is 13.5. The van der Waals surface area contributed by atoms with Crippen LogP contribution in [0.2, 0.25) is 0 Å². The lowest BCUT2D eigenvalue weighted by atomic mass is 9.98. The number of carbonyl (C=O) groups is 1. The summed E-state index contributed by atoms with van der Waals surface area (Å²) < 4.78 is 111. The molecular weight excluding hydrogens is 1240 g/mol. The molecule has 9 heterocycles. The van der Waals surface area contributed by atoms with Crippen LogP contribution in [0.1, 0.15) is 24.2 Å². The smallest absolute Gasteiger partial charge is 0.387 e. The lowest BCUT2D eigenvalue weighted by Crippen LogP contribution is -2.47. The number of urea groups is 1. The van der Waals surface area contributed by atoms with Crippen LogP contribution in [0.5, 0.6) is 0 Å². The number of H-pyrrole nitrogens is 2. The molecule has 16 atom stereocenters. The molecule has 41 nitrogen and oxygen atoms in total. The number of nitrogens with two attached hydrogens (primary N) is 3. The number of hydrogen-bond donors (Lipinski definition) is 14. The van der Waals surface area contributed by atoms with E-state index in [1.807, 2.05) is 0 Å². The van der Waals surface area contributed by atoms with E-state index in [1.54, 1.807) is 30.3 Å². The Labute approximate surface area is 479 Å². The van der Waals surface area contributed by atoms with Crippen LogP contribution < -0.4 is 43.5 Å². The molecule has 3 aliphatic heterocycles. The number of ether oxygens (including phenoxy) is 4. The molecule has 45 heteroatoms. The standard InChI is InChI=1S/C41H53N17O24P4/c1-55-16-58(33-24(55)35(63)54-40(44)52-33)36-25(59)18(9-46-41(64)45-8-17-6-4-3-5-7-17)19(77-36)10-75-84(67,68)81-86(71,72)82-85(69,70)76-12-21-28(29(73-2)38(79-21)56-14-49-22-30(42)47-13-48-31(22)56)80-83(65,66)74-11-20-26(60)27(61)37(78-20)57-15-50-23-32(57)51-39(43)53-34(23)62/h3-7,13-16,18-21,25-29,36-38,59-61H,8-12H2,1-2H3,(H13-,42,43,44,45,46,47,48,51,52,53,54,62,63,64,65,66,67,68,69,70,71,72)/p+1/t18-,19-,20-,21-,25-,26-,27-,28-,29-,36-,37-,38-/m1/s1. The van der Waals surface area contributed by atoms with E-state index in [0.717, 1.165) is 36.2 Å². The van der Waals surface area contributed by atoms with Crippen molar-refractivity contribution in [3.63, 3.8) is 0 Å². The van der Waals surface area contributed by atoms with E-state index in [1.165, 1.54) is 27.1 Å². The minimum Gasteiger partial charge on any atom is -0.387 e. The third-order valence-corrected chi connectivity index (χ3v) is 18.8. The van der Waals surface area contributed by atoms with Gasteiger partial charge in [-0.3, -0.25) is 51.4 Å². The zero-order valence-electron chi connectivity index (χ0n) is 44.2. The molecule has 0 aliphatic carbocycles. The first-order valence-electron chi connectivity index (χ1n) is 25.0. The molecule has 86 heavy (non-hydrogen) atoms. The molecule has 0 radical (unpaired) electrons. The Bertz CT molecular complexity index is 3990. The molecule has 6 aromatic heterocycles. The van der Waals surface area contributed by atoms with Gasteiger partial charge in [-0.05, 0) is 5.56 Å². The first-order chi connectivity index (χ1) is 40.6. The number of benzene rings is 1. The summed E-state index contributed by atoms with van der Waals surface area (Å²) in [6.45, 7) is -3.67. The van der Waals surface area contributed by atoms with Crippen LogP contribution in [0.3, 0.4) is 0 Å². The molecule has 7 aromatic rings. The normalized spacial score (nSPS) is 27.9. The van der Waals surface area contributed by atoms with Gasteiger partial charge < -0.3 is 81.7 Å².